The van der Waals surface area contributed by atoms with Crippen LogP contribution in [0.3, 0.4) is 0 Å². The molecule has 0 saturated carbocycles. The van der Waals surface area contributed by atoms with Gasteiger partial charge in [0.2, 0.25) is 11.7 Å². The van der Waals surface area contributed by atoms with Crippen LogP contribution < -0.4 is 15.0 Å². The van der Waals surface area contributed by atoms with Crippen molar-refractivity contribution in [3.8, 4) is 17.1 Å². The largest absolute Gasteiger partial charge is 0.497 e. The molecule has 0 saturated heterocycles. The Morgan fingerprint density at radius 3 is 2.23 bits per heavy atom. The minimum absolute atomic E-state index is 0.221. The summed E-state index contributed by atoms with van der Waals surface area (Å²) in [5.41, 5.74) is 3.62. The first-order valence-electron chi connectivity index (χ1n) is 12.7. The van der Waals surface area contributed by atoms with Crippen molar-refractivity contribution in [2.75, 3.05) is 12.0 Å². The van der Waals surface area contributed by atoms with Gasteiger partial charge in [-0.3, -0.25) is 14.5 Å². The highest BCUT2D eigenvalue weighted by atomic mass is 16.5. The monoisotopic (exact) mass is 526 g/mol. The quantitative estimate of drug-likeness (QED) is 0.358. The predicted octanol–water partition coefficient (Wildman–Crippen LogP) is 4.65. The van der Waals surface area contributed by atoms with Gasteiger partial charge in [0.25, 0.3) is 5.91 Å². The number of benzene rings is 3. The summed E-state index contributed by atoms with van der Waals surface area (Å²) in [5.74, 6) is 0.279. The molecule has 0 aliphatic rings. The van der Waals surface area contributed by atoms with Gasteiger partial charge in [-0.2, -0.15) is 4.80 Å². The lowest BCUT2D eigenvalue weighted by atomic mass is 9.99. The molecule has 2 amide bonds. The Balaban J connectivity index is 1.75. The van der Waals surface area contributed by atoms with Gasteiger partial charge in [0.1, 0.15) is 18.3 Å². The number of aromatic nitrogens is 4. The average molecular weight is 527 g/mol. The topological polar surface area (TPSA) is 102 Å². The fourth-order valence-electron chi connectivity index (χ4n) is 4.13. The van der Waals surface area contributed by atoms with Crippen LogP contribution in [0.25, 0.3) is 11.4 Å². The molecule has 9 heteroatoms. The first-order chi connectivity index (χ1) is 18.5. The Morgan fingerprint density at radius 1 is 0.974 bits per heavy atom. The van der Waals surface area contributed by atoms with Gasteiger partial charge < -0.3 is 10.1 Å². The van der Waals surface area contributed by atoms with E-state index in [1.54, 1.807) is 31.4 Å². The SMILES string of the molecule is COc1cccc(N(C(=O)Cn2nnc(-c3ccc(C)cc3)n2)C(C(=O)NC(C)(C)C)c2ccc(C)cc2)c1. The van der Waals surface area contributed by atoms with E-state index in [1.807, 2.05) is 83.1 Å². The summed E-state index contributed by atoms with van der Waals surface area (Å²) >= 11 is 0. The van der Waals surface area contributed by atoms with Crippen LogP contribution in [-0.4, -0.2) is 44.7 Å². The van der Waals surface area contributed by atoms with E-state index in [0.717, 1.165) is 16.7 Å². The highest BCUT2D eigenvalue weighted by Crippen LogP contribution is 2.31. The molecule has 4 aromatic rings. The Labute approximate surface area is 228 Å². The number of hydrogen-bond donors (Lipinski definition) is 1. The summed E-state index contributed by atoms with van der Waals surface area (Å²) < 4.78 is 5.43. The van der Waals surface area contributed by atoms with E-state index in [9.17, 15) is 9.59 Å². The molecule has 1 aromatic heterocycles. The molecule has 202 valence electrons. The van der Waals surface area contributed by atoms with Crippen LogP contribution in [-0.2, 0) is 16.1 Å². The minimum atomic E-state index is -0.954. The zero-order chi connectivity index (χ0) is 28.2. The van der Waals surface area contributed by atoms with Crippen molar-refractivity contribution < 1.29 is 14.3 Å². The Kier molecular flexibility index (Phi) is 8.09. The smallest absolute Gasteiger partial charge is 0.251 e. The Morgan fingerprint density at radius 2 is 1.62 bits per heavy atom. The van der Waals surface area contributed by atoms with Gasteiger partial charge in [0.15, 0.2) is 0 Å². The molecule has 0 aliphatic heterocycles. The van der Waals surface area contributed by atoms with Crippen molar-refractivity contribution >= 4 is 17.5 Å². The summed E-state index contributed by atoms with van der Waals surface area (Å²) in [4.78, 5) is 30.6. The molecular weight excluding hydrogens is 492 g/mol. The maximum Gasteiger partial charge on any atom is 0.251 e. The van der Waals surface area contributed by atoms with E-state index < -0.39 is 11.6 Å². The van der Waals surface area contributed by atoms with Crippen molar-refractivity contribution in [3.63, 3.8) is 0 Å². The maximum absolute atomic E-state index is 14.0. The molecule has 4 rings (SSSR count). The number of nitrogens with one attached hydrogen (secondary N) is 1. The fourth-order valence-corrected chi connectivity index (χ4v) is 4.13. The zero-order valence-electron chi connectivity index (χ0n) is 23.2. The molecule has 0 bridgehead atoms. The number of tetrazole rings is 1. The number of rotatable bonds is 8. The van der Waals surface area contributed by atoms with Crippen LogP contribution in [0.2, 0.25) is 0 Å². The lowest BCUT2D eigenvalue weighted by Gasteiger charge is -2.34. The highest BCUT2D eigenvalue weighted by Gasteiger charge is 2.35. The van der Waals surface area contributed by atoms with E-state index in [-0.39, 0.29) is 18.4 Å². The van der Waals surface area contributed by atoms with Crippen LogP contribution in [0, 0.1) is 13.8 Å². The second-order valence-corrected chi connectivity index (χ2v) is 10.5. The van der Waals surface area contributed by atoms with Crippen molar-refractivity contribution in [2.24, 2.45) is 0 Å². The summed E-state index contributed by atoms with van der Waals surface area (Å²) in [6.45, 7) is 9.46. The first kappa shape index (κ1) is 27.5. The van der Waals surface area contributed by atoms with Gasteiger partial charge in [-0.25, -0.2) is 0 Å². The van der Waals surface area contributed by atoms with Crippen molar-refractivity contribution in [1.82, 2.24) is 25.5 Å². The second-order valence-electron chi connectivity index (χ2n) is 10.5. The van der Waals surface area contributed by atoms with Crippen LogP contribution in [0.5, 0.6) is 5.75 Å². The number of aryl methyl sites for hydroxylation is 2. The molecule has 1 unspecified atom stereocenters. The normalized spacial score (nSPS) is 12.1. The van der Waals surface area contributed by atoms with Gasteiger partial charge in [-0.05, 0) is 57.5 Å². The van der Waals surface area contributed by atoms with Crippen LogP contribution in [0.15, 0.2) is 72.8 Å². The van der Waals surface area contributed by atoms with Gasteiger partial charge in [-0.1, -0.05) is 65.7 Å². The predicted molar refractivity (Wildman–Crippen MR) is 150 cm³/mol. The Bertz CT molecular complexity index is 1440. The van der Waals surface area contributed by atoms with E-state index >= 15 is 0 Å². The van der Waals surface area contributed by atoms with E-state index in [4.69, 9.17) is 4.74 Å². The Hall–Kier alpha value is -4.53. The molecule has 39 heavy (non-hydrogen) atoms. The number of hydrogen-bond acceptors (Lipinski definition) is 6. The summed E-state index contributed by atoms with van der Waals surface area (Å²) in [7, 11) is 1.56. The molecular formula is C30H34N6O3. The van der Waals surface area contributed by atoms with E-state index in [1.165, 1.54) is 9.70 Å². The third kappa shape index (κ3) is 6.87. The average Bonchev–Trinajstić information content (AvgIpc) is 3.35. The number of amides is 2. The third-order valence-corrected chi connectivity index (χ3v) is 6.04. The molecule has 0 fully saturated rings. The maximum atomic E-state index is 14.0. The molecule has 1 atom stereocenters. The summed E-state index contributed by atoms with van der Waals surface area (Å²) in [6, 6.07) is 21.5. The molecule has 9 nitrogen and oxygen atoms in total. The first-order valence-corrected chi connectivity index (χ1v) is 12.7. The third-order valence-electron chi connectivity index (χ3n) is 6.04. The zero-order valence-corrected chi connectivity index (χ0v) is 23.2. The molecule has 3 aromatic carbocycles. The number of nitrogens with zero attached hydrogens (tertiary/aromatic N) is 5. The second kappa shape index (κ2) is 11.5. The van der Waals surface area contributed by atoms with Crippen LogP contribution >= 0.6 is 0 Å². The molecule has 0 radical (unpaired) electrons. The lowest BCUT2D eigenvalue weighted by Crippen LogP contribution is -2.50. The molecule has 1 N–H and O–H groups in total. The van der Waals surface area contributed by atoms with Crippen LogP contribution in [0.1, 0.15) is 43.5 Å². The number of carbonyl (C=O) groups is 2. The summed E-state index contributed by atoms with van der Waals surface area (Å²) in [6.07, 6.45) is 0. The lowest BCUT2D eigenvalue weighted by molar-refractivity contribution is -0.128. The highest BCUT2D eigenvalue weighted by molar-refractivity contribution is 6.01. The van der Waals surface area contributed by atoms with E-state index in [0.29, 0.717) is 22.8 Å². The van der Waals surface area contributed by atoms with Gasteiger partial charge in [-0.15, -0.1) is 10.2 Å². The van der Waals surface area contributed by atoms with Crippen molar-refractivity contribution in [3.05, 3.63) is 89.5 Å². The molecule has 1 heterocycles. The van der Waals surface area contributed by atoms with Gasteiger partial charge in [0, 0.05) is 22.9 Å². The molecule has 0 aliphatic carbocycles. The van der Waals surface area contributed by atoms with Crippen LogP contribution in [0.4, 0.5) is 5.69 Å². The van der Waals surface area contributed by atoms with Crippen molar-refractivity contribution in [2.45, 2.75) is 52.7 Å². The number of anilines is 1. The van der Waals surface area contributed by atoms with Crippen molar-refractivity contribution in [1.29, 1.82) is 0 Å². The van der Waals surface area contributed by atoms with E-state index in [2.05, 4.69) is 20.7 Å². The molecule has 0 spiro atoms. The fraction of sp³-hybridized carbons (Fsp3) is 0.300. The van der Waals surface area contributed by atoms with Gasteiger partial charge in [0.05, 0.1) is 7.11 Å². The number of ether oxygens (including phenoxy) is 1. The number of carbonyl (C=O) groups excluding carboxylic acids is 2. The number of methoxy groups -OCH3 is 1. The minimum Gasteiger partial charge on any atom is -0.497 e. The summed E-state index contributed by atoms with van der Waals surface area (Å²) in [5, 5.41) is 15.7. The standard InChI is InChI=1S/C30H34N6O3/c1-20-10-14-22(15-11-20)27(29(38)31-30(3,4)5)36(24-8-7-9-25(18-24)39-6)26(37)19-35-33-28(32-34-35)23-16-12-21(2)13-17-23/h7-18,27H,19H2,1-6H3,(H,31,38). The van der Waals surface area contributed by atoms with Gasteiger partial charge >= 0.3 is 0 Å².